The highest BCUT2D eigenvalue weighted by molar-refractivity contribution is 7.18. The second kappa shape index (κ2) is 15.6. The number of fused-ring (bicyclic) bond motifs is 2. The summed E-state index contributed by atoms with van der Waals surface area (Å²) in [5.41, 5.74) is 3.66. The fourth-order valence-electron chi connectivity index (χ4n) is 10.2. The van der Waals surface area contributed by atoms with Crippen molar-refractivity contribution in [3.8, 4) is 5.75 Å². The van der Waals surface area contributed by atoms with Crippen LogP contribution in [-0.2, 0) is 15.5 Å². The molecule has 4 fully saturated rings. The van der Waals surface area contributed by atoms with Crippen molar-refractivity contribution in [1.29, 1.82) is 0 Å². The Kier molecular flexibility index (Phi) is 10.5. The van der Waals surface area contributed by atoms with Crippen LogP contribution in [0.15, 0.2) is 55.1 Å². The molecular weight excluding hydrogens is 789 g/mol. The zero-order chi connectivity index (χ0) is 41.9. The van der Waals surface area contributed by atoms with Crippen molar-refractivity contribution in [2.24, 2.45) is 17.3 Å². The number of amides is 4. The molecule has 1 atom stereocenters. The minimum Gasteiger partial charge on any atom is -0.494 e. The van der Waals surface area contributed by atoms with Crippen molar-refractivity contribution in [3.05, 3.63) is 82.6 Å². The maximum Gasteiger partial charge on any atom is 0.287 e. The Hall–Kier alpha value is -5.28. The largest absolute Gasteiger partial charge is 0.494 e. The Morgan fingerprint density at radius 3 is 2.52 bits per heavy atom. The SMILES string of the molecule is C=C1c2cccc(NCCC3CC4(C3)CN(C[C@H]3CC[C@H](c5nc6cc(OC)c(NC(=O)c7cccc(C(C)(F)F)n7)cc6s5)CC3)C4)c2C(=O)N1C1CCC(=O)NC1=O. The Balaban J connectivity index is 0.719. The number of imide groups is 1. The summed E-state index contributed by atoms with van der Waals surface area (Å²) in [7, 11) is 1.52. The van der Waals surface area contributed by atoms with Gasteiger partial charge in [0.2, 0.25) is 11.8 Å². The van der Waals surface area contributed by atoms with Gasteiger partial charge in [-0.05, 0) is 92.9 Å². The van der Waals surface area contributed by atoms with Crippen LogP contribution in [0.5, 0.6) is 5.75 Å². The van der Waals surface area contributed by atoms with E-state index in [9.17, 15) is 28.0 Å². The molecule has 1 unspecified atom stereocenters. The number of likely N-dealkylation sites (tertiary alicyclic amines) is 1. The average molecular weight is 838 g/mol. The van der Waals surface area contributed by atoms with Gasteiger partial charge in [-0.3, -0.25) is 29.4 Å². The number of alkyl halides is 2. The van der Waals surface area contributed by atoms with Gasteiger partial charge < -0.3 is 20.3 Å². The molecule has 0 bridgehead atoms. The van der Waals surface area contributed by atoms with E-state index in [0.29, 0.717) is 45.9 Å². The molecule has 5 aliphatic rings. The van der Waals surface area contributed by atoms with Crippen LogP contribution in [0.4, 0.5) is 20.2 Å². The summed E-state index contributed by atoms with van der Waals surface area (Å²) in [4.78, 5) is 63.8. The van der Waals surface area contributed by atoms with Crippen LogP contribution in [0.3, 0.4) is 0 Å². The number of carbonyl (C=O) groups excluding carboxylic acids is 4. The number of rotatable bonds is 12. The molecule has 60 heavy (non-hydrogen) atoms. The number of anilines is 2. The van der Waals surface area contributed by atoms with Crippen LogP contribution >= 0.6 is 11.3 Å². The zero-order valence-electron chi connectivity index (χ0n) is 33.8. The summed E-state index contributed by atoms with van der Waals surface area (Å²) in [6.45, 7) is 9.12. The molecule has 2 aromatic carbocycles. The van der Waals surface area contributed by atoms with E-state index < -0.39 is 29.5 Å². The van der Waals surface area contributed by atoms with Gasteiger partial charge in [-0.2, -0.15) is 8.78 Å². The molecule has 2 aromatic heterocycles. The summed E-state index contributed by atoms with van der Waals surface area (Å²) in [6, 6.07) is 12.6. The normalized spacial score (nSPS) is 23.0. The lowest BCUT2D eigenvalue weighted by Crippen LogP contribution is -2.63. The molecule has 15 heteroatoms. The Morgan fingerprint density at radius 1 is 1.02 bits per heavy atom. The van der Waals surface area contributed by atoms with E-state index in [1.54, 1.807) is 11.3 Å². The molecule has 3 N–H and O–H groups in total. The highest BCUT2D eigenvalue weighted by Gasteiger charge is 2.52. The molecule has 0 radical (unpaired) electrons. The van der Waals surface area contributed by atoms with Crippen molar-refractivity contribution in [2.75, 3.05) is 43.9 Å². The minimum atomic E-state index is -3.16. The van der Waals surface area contributed by atoms with Crippen LogP contribution in [0.25, 0.3) is 15.9 Å². The van der Waals surface area contributed by atoms with Crippen molar-refractivity contribution in [2.45, 2.75) is 82.6 Å². The van der Waals surface area contributed by atoms with Gasteiger partial charge in [0.05, 0.1) is 33.6 Å². The second-order valence-electron chi connectivity index (χ2n) is 17.5. The first-order chi connectivity index (χ1) is 28.8. The van der Waals surface area contributed by atoms with Gasteiger partial charge in [-0.15, -0.1) is 11.3 Å². The van der Waals surface area contributed by atoms with E-state index in [1.807, 2.05) is 30.3 Å². The molecular formula is C45H49F2N7O5S. The fourth-order valence-corrected chi connectivity index (χ4v) is 11.4. The van der Waals surface area contributed by atoms with Gasteiger partial charge in [0.15, 0.2) is 0 Å². The number of piperidine rings is 1. The highest BCUT2D eigenvalue weighted by atomic mass is 32.1. The summed E-state index contributed by atoms with van der Waals surface area (Å²) in [6.07, 6.45) is 8.49. The molecule has 3 aliphatic heterocycles. The third kappa shape index (κ3) is 7.66. The van der Waals surface area contributed by atoms with E-state index in [-0.39, 0.29) is 30.3 Å². The van der Waals surface area contributed by atoms with Gasteiger partial charge in [0.1, 0.15) is 23.2 Å². The van der Waals surface area contributed by atoms with E-state index in [1.165, 1.54) is 56.1 Å². The topological polar surface area (TPSA) is 146 Å². The van der Waals surface area contributed by atoms with Crippen LogP contribution in [0.1, 0.15) is 108 Å². The lowest BCUT2D eigenvalue weighted by atomic mass is 9.57. The molecule has 9 rings (SSSR count). The van der Waals surface area contributed by atoms with Gasteiger partial charge in [0.25, 0.3) is 17.7 Å². The Bertz CT molecular complexity index is 2390. The summed E-state index contributed by atoms with van der Waals surface area (Å²) in [5.74, 6) is -2.62. The van der Waals surface area contributed by atoms with Gasteiger partial charge in [0, 0.05) is 68.5 Å². The number of aromatic nitrogens is 2. The first-order valence-corrected chi connectivity index (χ1v) is 21.7. The van der Waals surface area contributed by atoms with Crippen LogP contribution in [0, 0.1) is 17.3 Å². The van der Waals surface area contributed by atoms with Crippen molar-refractivity contribution >= 4 is 62.3 Å². The quantitative estimate of drug-likeness (QED) is 0.122. The molecule has 2 saturated carbocycles. The number of pyridine rings is 1. The number of methoxy groups -OCH3 is 1. The molecule has 5 heterocycles. The molecule has 4 aromatic rings. The number of hydrogen-bond donors (Lipinski definition) is 3. The van der Waals surface area contributed by atoms with Crippen molar-refractivity contribution in [3.63, 3.8) is 0 Å². The summed E-state index contributed by atoms with van der Waals surface area (Å²) >= 11 is 1.63. The maximum atomic E-state index is 13.8. The van der Waals surface area contributed by atoms with Crippen molar-refractivity contribution in [1.82, 2.24) is 25.1 Å². The third-order valence-electron chi connectivity index (χ3n) is 13.2. The zero-order valence-corrected chi connectivity index (χ0v) is 34.6. The van der Waals surface area contributed by atoms with Gasteiger partial charge in [-0.25, -0.2) is 9.97 Å². The number of halogens is 2. The molecule has 2 saturated heterocycles. The molecule has 2 aliphatic carbocycles. The minimum absolute atomic E-state index is 0.101. The van der Waals surface area contributed by atoms with E-state index in [0.717, 1.165) is 78.6 Å². The first kappa shape index (κ1) is 40.1. The lowest BCUT2D eigenvalue weighted by Gasteiger charge is -2.60. The van der Waals surface area contributed by atoms with Crippen LogP contribution in [-0.4, -0.2) is 82.7 Å². The summed E-state index contributed by atoms with van der Waals surface area (Å²) < 4.78 is 34.2. The third-order valence-corrected chi connectivity index (χ3v) is 14.3. The predicted octanol–water partition coefficient (Wildman–Crippen LogP) is 7.78. The van der Waals surface area contributed by atoms with Gasteiger partial charge >= 0.3 is 0 Å². The smallest absolute Gasteiger partial charge is 0.287 e. The number of carbonyl (C=O) groups is 4. The highest BCUT2D eigenvalue weighted by Crippen LogP contribution is 2.53. The Labute approximate surface area is 351 Å². The monoisotopic (exact) mass is 837 g/mol. The van der Waals surface area contributed by atoms with Gasteiger partial charge in [-0.1, -0.05) is 24.8 Å². The molecule has 1 spiro atoms. The predicted molar refractivity (Wildman–Crippen MR) is 225 cm³/mol. The maximum absolute atomic E-state index is 13.8. The number of benzene rings is 2. The van der Waals surface area contributed by atoms with Crippen LogP contribution in [0.2, 0.25) is 0 Å². The fraction of sp³-hybridized carbons (Fsp3) is 0.467. The summed E-state index contributed by atoms with van der Waals surface area (Å²) in [5, 5.41) is 9.75. The number of ether oxygens (including phenoxy) is 1. The number of hydrogen-bond acceptors (Lipinski definition) is 10. The number of nitrogens with one attached hydrogen (secondary N) is 3. The van der Waals surface area contributed by atoms with Crippen molar-refractivity contribution < 1.29 is 32.7 Å². The number of nitrogens with zero attached hydrogens (tertiary/aromatic N) is 4. The molecule has 4 amide bonds. The molecule has 12 nitrogen and oxygen atoms in total. The second-order valence-corrected chi connectivity index (χ2v) is 18.6. The van der Waals surface area contributed by atoms with E-state index >= 15 is 0 Å². The van der Waals surface area contributed by atoms with E-state index in [2.05, 4.69) is 32.4 Å². The standard InChI is InChI=1S/C45H49F2N7O5S/c1-25-29-6-4-7-30(39(29)43(58)54(25)34-14-15-38(55)52-41(34)57)48-17-16-27-20-45(21-27)23-53(24-45)22-26-10-12-28(13-11-26)42-51-33-18-35(59-3)32(19-36(33)60-42)50-40(56)31-8-5-9-37(49-31)44(2,46)47/h4-9,18-19,26-28,34,48H,1,10-17,20-24H2,2-3H3,(H,50,56)(H,52,55,57)/t26-,28-,34?. The number of thiazole rings is 1. The average Bonchev–Trinajstić information content (AvgIpc) is 3.73. The van der Waals surface area contributed by atoms with E-state index in [4.69, 9.17) is 9.72 Å². The lowest BCUT2D eigenvalue weighted by molar-refractivity contribution is -0.136. The van der Waals surface area contributed by atoms with Crippen LogP contribution < -0.4 is 20.7 Å². The Morgan fingerprint density at radius 2 is 1.78 bits per heavy atom. The first-order valence-electron chi connectivity index (χ1n) is 20.9. The molecule has 314 valence electrons.